The summed E-state index contributed by atoms with van der Waals surface area (Å²) in [5.41, 5.74) is 2.06. The molecule has 4 nitrogen and oxygen atoms in total. The lowest BCUT2D eigenvalue weighted by atomic mass is 10.1. The Morgan fingerprint density at radius 3 is 2.48 bits per heavy atom. The summed E-state index contributed by atoms with van der Waals surface area (Å²) in [5.74, 6) is 0.786. The smallest absolute Gasteiger partial charge is 0.197 e. The van der Waals surface area contributed by atoms with Gasteiger partial charge in [-0.3, -0.25) is 4.79 Å². The molecule has 0 radical (unpaired) electrons. The van der Waals surface area contributed by atoms with Crippen molar-refractivity contribution in [3.8, 4) is 5.75 Å². The highest BCUT2D eigenvalue weighted by Gasteiger charge is 2.14. The standard InChI is InChI=1S/C21H24N2O2/c1-25-16-9-10-18-20(15-16)23(14-13-22-11-5-2-6-12-22)19-8-4-3-7-17(19)21(18)24/h3-4,7-10,15H,2,5-6,11-14H2,1H3. The van der Waals surface area contributed by atoms with Gasteiger partial charge in [-0.15, -0.1) is 0 Å². The Kier molecular flexibility index (Phi) is 4.45. The fraction of sp³-hybridized carbons (Fsp3) is 0.381. The van der Waals surface area contributed by atoms with E-state index in [1.54, 1.807) is 7.11 Å². The summed E-state index contributed by atoms with van der Waals surface area (Å²) in [4.78, 5) is 15.4. The lowest BCUT2D eigenvalue weighted by molar-refractivity contribution is 0.222. The van der Waals surface area contributed by atoms with Gasteiger partial charge in [-0.2, -0.15) is 0 Å². The van der Waals surface area contributed by atoms with Gasteiger partial charge in [0.2, 0.25) is 0 Å². The average molecular weight is 336 g/mol. The minimum absolute atomic E-state index is 0.0995. The van der Waals surface area contributed by atoms with Crippen LogP contribution in [0.3, 0.4) is 0 Å². The molecule has 1 aliphatic heterocycles. The number of hydrogen-bond donors (Lipinski definition) is 0. The monoisotopic (exact) mass is 336 g/mol. The van der Waals surface area contributed by atoms with Crippen LogP contribution < -0.4 is 10.2 Å². The number of methoxy groups -OCH3 is 1. The third-order valence-corrected chi connectivity index (χ3v) is 5.27. The molecule has 0 amide bonds. The number of pyridine rings is 1. The molecule has 1 aromatic heterocycles. The summed E-state index contributed by atoms with van der Waals surface area (Å²) in [6, 6.07) is 13.7. The number of rotatable bonds is 4. The molecular weight excluding hydrogens is 312 g/mol. The first-order valence-corrected chi connectivity index (χ1v) is 9.09. The topological polar surface area (TPSA) is 34.5 Å². The Balaban J connectivity index is 1.85. The molecule has 25 heavy (non-hydrogen) atoms. The molecule has 2 aromatic carbocycles. The summed E-state index contributed by atoms with van der Waals surface area (Å²) in [6.45, 7) is 4.25. The third-order valence-electron chi connectivity index (χ3n) is 5.27. The van der Waals surface area contributed by atoms with Crippen molar-refractivity contribution in [2.75, 3.05) is 26.7 Å². The van der Waals surface area contributed by atoms with Crippen LogP contribution in [0.5, 0.6) is 5.75 Å². The minimum atomic E-state index is 0.0995. The van der Waals surface area contributed by atoms with Crippen LogP contribution in [-0.2, 0) is 6.54 Å². The fourth-order valence-electron chi connectivity index (χ4n) is 3.89. The highest BCUT2D eigenvalue weighted by atomic mass is 16.5. The summed E-state index contributed by atoms with van der Waals surface area (Å²) >= 11 is 0. The Labute approximate surface area is 147 Å². The van der Waals surface area contributed by atoms with Crippen LogP contribution in [0.2, 0.25) is 0 Å². The van der Waals surface area contributed by atoms with Crippen LogP contribution in [0.1, 0.15) is 19.3 Å². The maximum absolute atomic E-state index is 12.9. The molecule has 0 atom stereocenters. The Hall–Kier alpha value is -2.33. The van der Waals surface area contributed by atoms with Crippen LogP contribution in [0.4, 0.5) is 0 Å². The molecule has 1 saturated heterocycles. The van der Waals surface area contributed by atoms with Crippen LogP contribution >= 0.6 is 0 Å². The lowest BCUT2D eigenvalue weighted by Crippen LogP contribution is -2.32. The van der Waals surface area contributed by atoms with Gasteiger partial charge in [0.1, 0.15) is 5.75 Å². The first kappa shape index (κ1) is 16.2. The number of nitrogens with zero attached hydrogens (tertiary/aromatic N) is 2. The number of likely N-dealkylation sites (tertiary alicyclic amines) is 1. The van der Waals surface area contributed by atoms with E-state index in [4.69, 9.17) is 4.74 Å². The zero-order valence-electron chi connectivity index (χ0n) is 14.7. The first-order chi connectivity index (χ1) is 12.3. The van der Waals surface area contributed by atoms with Crippen molar-refractivity contribution in [1.29, 1.82) is 0 Å². The molecule has 2 heterocycles. The van der Waals surface area contributed by atoms with E-state index >= 15 is 0 Å². The zero-order valence-corrected chi connectivity index (χ0v) is 14.7. The van der Waals surface area contributed by atoms with E-state index in [9.17, 15) is 4.79 Å². The maximum Gasteiger partial charge on any atom is 0.197 e. The molecule has 1 fully saturated rings. The van der Waals surface area contributed by atoms with Gasteiger partial charge in [0.15, 0.2) is 5.43 Å². The van der Waals surface area contributed by atoms with E-state index in [0.717, 1.165) is 40.6 Å². The second kappa shape index (κ2) is 6.89. The highest BCUT2D eigenvalue weighted by Crippen LogP contribution is 2.23. The first-order valence-electron chi connectivity index (χ1n) is 9.09. The normalized spacial score (nSPS) is 15.7. The van der Waals surface area contributed by atoms with Crippen LogP contribution in [0.25, 0.3) is 21.8 Å². The van der Waals surface area contributed by atoms with Crippen molar-refractivity contribution in [1.82, 2.24) is 9.47 Å². The second-order valence-corrected chi connectivity index (χ2v) is 6.78. The van der Waals surface area contributed by atoms with Crippen molar-refractivity contribution in [3.05, 3.63) is 52.7 Å². The van der Waals surface area contributed by atoms with Gasteiger partial charge in [0.25, 0.3) is 0 Å². The molecule has 0 unspecified atom stereocenters. The maximum atomic E-state index is 12.9. The van der Waals surface area contributed by atoms with Gasteiger partial charge < -0.3 is 14.2 Å². The number of piperidine rings is 1. The van der Waals surface area contributed by atoms with Crippen LogP contribution in [0, 0.1) is 0 Å². The SMILES string of the molecule is COc1ccc2c(=O)c3ccccc3n(CCN3CCCCC3)c2c1. The number of para-hydroxylation sites is 1. The van der Waals surface area contributed by atoms with Gasteiger partial charge in [-0.1, -0.05) is 18.6 Å². The van der Waals surface area contributed by atoms with E-state index in [2.05, 4.69) is 9.47 Å². The third kappa shape index (κ3) is 3.02. The van der Waals surface area contributed by atoms with Gasteiger partial charge in [-0.05, 0) is 50.2 Å². The highest BCUT2D eigenvalue weighted by molar-refractivity contribution is 5.94. The quantitative estimate of drug-likeness (QED) is 0.682. The van der Waals surface area contributed by atoms with Crippen molar-refractivity contribution < 1.29 is 4.74 Å². The van der Waals surface area contributed by atoms with E-state index in [0.29, 0.717) is 0 Å². The number of hydrogen-bond acceptors (Lipinski definition) is 3. The summed E-state index contributed by atoms with van der Waals surface area (Å²) in [7, 11) is 1.67. The van der Waals surface area contributed by atoms with E-state index < -0.39 is 0 Å². The predicted octanol–water partition coefficient (Wildman–Crippen LogP) is 3.65. The molecule has 0 spiro atoms. The lowest BCUT2D eigenvalue weighted by Gasteiger charge is -2.27. The average Bonchev–Trinajstić information content (AvgIpc) is 2.68. The summed E-state index contributed by atoms with van der Waals surface area (Å²) in [6.07, 6.45) is 3.93. The van der Waals surface area contributed by atoms with E-state index in [1.165, 1.54) is 32.4 Å². The number of benzene rings is 2. The van der Waals surface area contributed by atoms with E-state index in [1.807, 2.05) is 42.5 Å². The molecular formula is C21H24N2O2. The number of ether oxygens (including phenoxy) is 1. The molecule has 1 aliphatic rings. The molecule has 0 N–H and O–H groups in total. The molecule has 0 saturated carbocycles. The van der Waals surface area contributed by atoms with Crippen molar-refractivity contribution >= 4 is 21.8 Å². The largest absolute Gasteiger partial charge is 0.497 e. The second-order valence-electron chi connectivity index (χ2n) is 6.78. The number of fused-ring (bicyclic) bond motifs is 2. The van der Waals surface area contributed by atoms with Crippen LogP contribution in [-0.4, -0.2) is 36.2 Å². The van der Waals surface area contributed by atoms with Gasteiger partial charge in [0.05, 0.1) is 18.1 Å². The summed E-state index contributed by atoms with van der Waals surface area (Å²) < 4.78 is 7.68. The minimum Gasteiger partial charge on any atom is -0.497 e. The van der Waals surface area contributed by atoms with E-state index in [-0.39, 0.29) is 5.43 Å². The molecule has 3 aromatic rings. The van der Waals surface area contributed by atoms with Crippen LogP contribution in [0.15, 0.2) is 47.3 Å². The Morgan fingerprint density at radius 1 is 0.920 bits per heavy atom. The zero-order chi connectivity index (χ0) is 17.2. The molecule has 4 heteroatoms. The Bertz CT molecular complexity index is 955. The van der Waals surface area contributed by atoms with Gasteiger partial charge in [-0.25, -0.2) is 0 Å². The van der Waals surface area contributed by atoms with Gasteiger partial charge >= 0.3 is 0 Å². The Morgan fingerprint density at radius 2 is 1.68 bits per heavy atom. The van der Waals surface area contributed by atoms with Crippen molar-refractivity contribution in [3.63, 3.8) is 0 Å². The molecule has 4 rings (SSSR count). The molecule has 0 bridgehead atoms. The van der Waals surface area contributed by atoms with Crippen molar-refractivity contribution in [2.45, 2.75) is 25.8 Å². The molecule has 130 valence electrons. The molecule has 0 aliphatic carbocycles. The van der Waals surface area contributed by atoms with Crippen molar-refractivity contribution in [2.24, 2.45) is 0 Å². The number of aromatic nitrogens is 1. The fourth-order valence-corrected chi connectivity index (χ4v) is 3.89. The van der Waals surface area contributed by atoms with Gasteiger partial charge in [0, 0.05) is 29.9 Å². The predicted molar refractivity (Wildman–Crippen MR) is 103 cm³/mol. The summed E-state index contributed by atoms with van der Waals surface area (Å²) in [5, 5.41) is 1.55.